The first-order chi connectivity index (χ1) is 8.88. The van der Waals surface area contributed by atoms with E-state index in [1.54, 1.807) is 7.11 Å². The minimum Gasteiger partial charge on any atom is -0.497 e. The van der Waals surface area contributed by atoms with Gasteiger partial charge in [0.15, 0.2) is 0 Å². The van der Waals surface area contributed by atoms with Gasteiger partial charge in [0.25, 0.3) is 0 Å². The predicted molar refractivity (Wildman–Crippen MR) is 75.1 cm³/mol. The van der Waals surface area contributed by atoms with Gasteiger partial charge in [-0.25, -0.2) is 0 Å². The number of methoxy groups -OCH3 is 1. The van der Waals surface area contributed by atoms with Gasteiger partial charge in [-0.15, -0.1) is 0 Å². The first-order valence-electron chi connectivity index (χ1n) is 6.59. The van der Waals surface area contributed by atoms with Crippen molar-refractivity contribution in [3.63, 3.8) is 0 Å². The molecule has 1 saturated heterocycles. The third-order valence-corrected chi connectivity index (χ3v) is 3.25. The van der Waals surface area contributed by atoms with Gasteiger partial charge in [0.2, 0.25) is 0 Å². The van der Waals surface area contributed by atoms with Crippen LogP contribution >= 0.6 is 0 Å². The third kappa shape index (κ3) is 4.17. The van der Waals surface area contributed by atoms with Crippen molar-refractivity contribution in [3.8, 4) is 5.75 Å². The van der Waals surface area contributed by atoms with Crippen molar-refractivity contribution in [2.24, 2.45) is 0 Å². The number of piperazine rings is 1. The van der Waals surface area contributed by atoms with Crippen LogP contribution < -0.4 is 10.1 Å². The van der Waals surface area contributed by atoms with Crippen molar-refractivity contribution >= 4 is 0 Å². The Kier molecular flexibility index (Phi) is 5.24. The molecule has 1 aliphatic rings. The quantitative estimate of drug-likeness (QED) is 0.800. The first-order valence-corrected chi connectivity index (χ1v) is 6.59. The van der Waals surface area contributed by atoms with E-state index in [-0.39, 0.29) is 0 Å². The molecule has 2 rings (SSSR count). The van der Waals surface area contributed by atoms with Crippen LogP contribution in [-0.4, -0.2) is 44.7 Å². The molecule has 1 N–H and O–H groups in total. The lowest BCUT2D eigenvalue weighted by molar-refractivity contribution is 0.264. The number of benzene rings is 1. The van der Waals surface area contributed by atoms with Gasteiger partial charge in [0.1, 0.15) is 5.75 Å². The lowest BCUT2D eigenvalue weighted by atomic mass is 10.1. The molecule has 3 heteroatoms. The molecule has 1 heterocycles. The molecule has 1 aromatic carbocycles. The van der Waals surface area contributed by atoms with Gasteiger partial charge in [-0.1, -0.05) is 24.3 Å². The zero-order valence-corrected chi connectivity index (χ0v) is 11.1. The van der Waals surface area contributed by atoms with Crippen molar-refractivity contribution in [3.05, 3.63) is 42.0 Å². The van der Waals surface area contributed by atoms with Crippen LogP contribution in [0.25, 0.3) is 0 Å². The van der Waals surface area contributed by atoms with Gasteiger partial charge in [-0.3, -0.25) is 4.90 Å². The maximum absolute atomic E-state index is 5.14. The molecular weight excluding hydrogens is 224 g/mol. The second kappa shape index (κ2) is 7.19. The number of rotatable bonds is 5. The van der Waals surface area contributed by atoms with E-state index in [2.05, 4.69) is 34.5 Å². The number of nitrogens with one attached hydrogen (secondary N) is 1. The average molecular weight is 246 g/mol. The molecule has 0 saturated carbocycles. The van der Waals surface area contributed by atoms with Crippen molar-refractivity contribution in [2.45, 2.75) is 6.42 Å². The summed E-state index contributed by atoms with van der Waals surface area (Å²) in [7, 11) is 1.70. The fourth-order valence-electron chi connectivity index (χ4n) is 2.10. The molecule has 0 unspecified atom stereocenters. The van der Waals surface area contributed by atoms with Gasteiger partial charge in [0, 0.05) is 32.7 Å². The average Bonchev–Trinajstić information content (AvgIpc) is 2.45. The molecule has 98 valence electrons. The molecule has 0 aliphatic carbocycles. The summed E-state index contributed by atoms with van der Waals surface area (Å²) >= 11 is 0. The van der Waals surface area contributed by atoms with Gasteiger partial charge in [-0.2, -0.15) is 0 Å². The highest BCUT2D eigenvalue weighted by Gasteiger charge is 2.06. The van der Waals surface area contributed by atoms with Crippen LogP contribution in [0.2, 0.25) is 0 Å². The van der Waals surface area contributed by atoms with Crippen LogP contribution in [-0.2, 0) is 6.42 Å². The van der Waals surface area contributed by atoms with Gasteiger partial charge < -0.3 is 10.1 Å². The molecule has 0 aromatic heterocycles. The zero-order valence-electron chi connectivity index (χ0n) is 11.1. The lowest BCUT2D eigenvalue weighted by Crippen LogP contribution is -2.43. The Morgan fingerprint density at radius 1 is 1.17 bits per heavy atom. The van der Waals surface area contributed by atoms with Crippen LogP contribution in [0.4, 0.5) is 0 Å². The highest BCUT2D eigenvalue weighted by molar-refractivity contribution is 5.28. The molecule has 0 radical (unpaired) electrons. The summed E-state index contributed by atoms with van der Waals surface area (Å²) in [5, 5.41) is 3.36. The fourth-order valence-corrected chi connectivity index (χ4v) is 2.10. The van der Waals surface area contributed by atoms with Gasteiger partial charge in [-0.05, 0) is 24.1 Å². The number of hydrogen-bond donors (Lipinski definition) is 1. The molecule has 1 aliphatic heterocycles. The highest BCUT2D eigenvalue weighted by Crippen LogP contribution is 2.11. The summed E-state index contributed by atoms with van der Waals surface area (Å²) < 4.78 is 5.14. The topological polar surface area (TPSA) is 24.5 Å². The van der Waals surface area contributed by atoms with Crippen LogP contribution in [0, 0.1) is 0 Å². The monoisotopic (exact) mass is 246 g/mol. The van der Waals surface area contributed by atoms with E-state index in [0.29, 0.717) is 0 Å². The highest BCUT2D eigenvalue weighted by atomic mass is 16.5. The normalized spacial score (nSPS) is 17.2. The van der Waals surface area contributed by atoms with E-state index in [0.717, 1.165) is 44.9 Å². The SMILES string of the molecule is COc1ccc(C/C=C\CN2CCNCC2)cc1. The van der Waals surface area contributed by atoms with Crippen molar-refractivity contribution in [1.29, 1.82) is 0 Å². The lowest BCUT2D eigenvalue weighted by Gasteiger charge is -2.25. The van der Waals surface area contributed by atoms with Gasteiger partial charge in [0.05, 0.1) is 7.11 Å². The summed E-state index contributed by atoms with van der Waals surface area (Å²) in [6.07, 6.45) is 5.52. The van der Waals surface area contributed by atoms with Crippen molar-refractivity contribution < 1.29 is 4.74 Å². The minimum atomic E-state index is 0.920. The molecule has 0 amide bonds. The summed E-state index contributed by atoms with van der Waals surface area (Å²) in [5.41, 5.74) is 1.33. The number of hydrogen-bond acceptors (Lipinski definition) is 3. The molecule has 3 nitrogen and oxygen atoms in total. The fraction of sp³-hybridized carbons (Fsp3) is 0.467. The number of nitrogens with zero attached hydrogens (tertiary/aromatic N) is 1. The minimum absolute atomic E-state index is 0.920. The molecule has 18 heavy (non-hydrogen) atoms. The van der Waals surface area contributed by atoms with E-state index >= 15 is 0 Å². The van der Waals surface area contributed by atoms with Crippen LogP contribution in [0.3, 0.4) is 0 Å². The number of allylic oxidation sites excluding steroid dienone is 1. The van der Waals surface area contributed by atoms with E-state index < -0.39 is 0 Å². The Morgan fingerprint density at radius 3 is 2.56 bits per heavy atom. The Labute approximate surface area is 109 Å². The maximum Gasteiger partial charge on any atom is 0.118 e. The summed E-state index contributed by atoms with van der Waals surface area (Å²) in [6.45, 7) is 5.62. The largest absolute Gasteiger partial charge is 0.497 e. The van der Waals surface area contributed by atoms with Gasteiger partial charge >= 0.3 is 0 Å². The molecule has 0 atom stereocenters. The number of ether oxygens (including phenoxy) is 1. The summed E-state index contributed by atoms with van der Waals surface area (Å²) in [6, 6.07) is 8.26. The predicted octanol–water partition coefficient (Wildman–Crippen LogP) is 1.70. The second-order valence-electron chi connectivity index (χ2n) is 4.57. The standard InChI is InChI=1S/C15H22N2O/c1-18-15-7-5-14(6-8-15)4-2-3-11-17-12-9-16-10-13-17/h2-3,5-8,16H,4,9-13H2,1H3/b3-2-. The van der Waals surface area contributed by atoms with E-state index in [9.17, 15) is 0 Å². The summed E-state index contributed by atoms with van der Waals surface area (Å²) in [5.74, 6) is 0.920. The molecule has 0 bridgehead atoms. The smallest absolute Gasteiger partial charge is 0.118 e. The summed E-state index contributed by atoms with van der Waals surface area (Å²) in [4.78, 5) is 2.47. The van der Waals surface area contributed by atoms with Crippen molar-refractivity contribution in [1.82, 2.24) is 10.2 Å². The zero-order chi connectivity index (χ0) is 12.6. The molecule has 0 spiro atoms. The van der Waals surface area contributed by atoms with Crippen molar-refractivity contribution in [2.75, 3.05) is 39.8 Å². The first kappa shape index (κ1) is 13.1. The van der Waals surface area contributed by atoms with Crippen LogP contribution in [0.15, 0.2) is 36.4 Å². The Morgan fingerprint density at radius 2 is 1.89 bits per heavy atom. The molecular formula is C15H22N2O. The van der Waals surface area contributed by atoms with E-state index in [1.165, 1.54) is 5.56 Å². The Balaban J connectivity index is 1.72. The third-order valence-electron chi connectivity index (χ3n) is 3.25. The molecule has 1 fully saturated rings. The van der Waals surface area contributed by atoms with Crippen LogP contribution in [0.1, 0.15) is 5.56 Å². The Bertz CT molecular complexity index is 367. The van der Waals surface area contributed by atoms with E-state index in [4.69, 9.17) is 4.74 Å². The maximum atomic E-state index is 5.14. The Hall–Kier alpha value is -1.32. The van der Waals surface area contributed by atoms with Crippen LogP contribution in [0.5, 0.6) is 5.75 Å². The molecule has 1 aromatic rings. The van der Waals surface area contributed by atoms with E-state index in [1.807, 2.05) is 12.1 Å². The second-order valence-corrected chi connectivity index (χ2v) is 4.57.